The Balaban J connectivity index is 1.92. The molecule has 0 radical (unpaired) electrons. The van der Waals surface area contributed by atoms with Crippen LogP contribution in [0, 0.1) is 41.5 Å². The summed E-state index contributed by atoms with van der Waals surface area (Å²) in [4.78, 5) is 13.0. The molecule has 0 aliphatic carbocycles. The molecule has 0 amide bonds. The van der Waals surface area contributed by atoms with Gasteiger partial charge in [-0.15, -0.1) is 0 Å². The van der Waals surface area contributed by atoms with E-state index in [1.54, 1.807) is 0 Å². The lowest BCUT2D eigenvalue weighted by Gasteiger charge is -2.28. The predicted molar refractivity (Wildman–Crippen MR) is 206 cm³/mol. The Bertz CT molecular complexity index is 1810. The second-order valence-corrected chi connectivity index (χ2v) is 17.5. The molecule has 4 aromatic rings. The first-order valence-electron chi connectivity index (χ1n) is 17.2. The molecule has 0 bridgehead atoms. The molecule has 0 spiro atoms. The van der Waals surface area contributed by atoms with Gasteiger partial charge in [-0.25, -0.2) is 4.79 Å². The first kappa shape index (κ1) is 38.8. The molecule has 0 aliphatic heterocycles. The van der Waals surface area contributed by atoms with Crippen molar-refractivity contribution in [3.63, 3.8) is 0 Å². The van der Waals surface area contributed by atoms with Gasteiger partial charge in [-0.1, -0.05) is 89.1 Å². The van der Waals surface area contributed by atoms with E-state index in [0.717, 1.165) is 50.1 Å². The molecule has 0 fully saturated rings. The third-order valence-corrected chi connectivity index (χ3v) is 9.12. The third-order valence-electron chi connectivity index (χ3n) is 8.10. The molecule has 0 unspecified atom stereocenters. The molecule has 6 nitrogen and oxygen atoms in total. The first-order valence-corrected chi connectivity index (χ1v) is 18.3. The largest absolute Gasteiger partial charge is 0.530 e. The Hall–Kier alpha value is -4.02. The maximum atomic E-state index is 13.0. The SMILES string of the molecule is Cc1cc(C)c(OC(=O)OC(C)(C)C)c(-c2cc(C)cc(C)c2OP(Oc2ccc(C)cc2C(C)(C)C)Oc2ccc(C)cc2C(C)(C)C)c1. The third kappa shape index (κ3) is 9.82. The van der Waals surface area contributed by atoms with Gasteiger partial charge >= 0.3 is 14.8 Å². The summed E-state index contributed by atoms with van der Waals surface area (Å²) >= 11 is 0. The van der Waals surface area contributed by atoms with Gasteiger partial charge in [0.05, 0.1) is 0 Å². The van der Waals surface area contributed by atoms with E-state index in [1.165, 1.54) is 0 Å². The van der Waals surface area contributed by atoms with Crippen molar-refractivity contribution < 1.29 is 27.8 Å². The van der Waals surface area contributed by atoms with Gasteiger partial charge in [0, 0.05) is 22.3 Å². The van der Waals surface area contributed by atoms with Gasteiger partial charge in [0.25, 0.3) is 0 Å². The van der Waals surface area contributed by atoms with Crippen LogP contribution >= 0.6 is 8.60 Å². The van der Waals surface area contributed by atoms with Crippen molar-refractivity contribution in [3.8, 4) is 34.1 Å². The van der Waals surface area contributed by atoms with Crippen LogP contribution in [0.25, 0.3) is 11.1 Å². The molecule has 0 saturated heterocycles. The molecular weight excluding hydrogens is 643 g/mol. The molecule has 0 aliphatic rings. The van der Waals surface area contributed by atoms with E-state index >= 15 is 0 Å². The molecule has 268 valence electrons. The maximum Gasteiger partial charge on any atom is 0.530 e. The van der Waals surface area contributed by atoms with E-state index < -0.39 is 20.4 Å². The normalized spacial score (nSPS) is 12.2. The van der Waals surface area contributed by atoms with Crippen molar-refractivity contribution in [2.24, 2.45) is 0 Å². The maximum absolute atomic E-state index is 13.0. The highest BCUT2D eigenvalue weighted by molar-refractivity contribution is 7.43. The van der Waals surface area contributed by atoms with Crippen molar-refractivity contribution in [3.05, 3.63) is 105 Å². The van der Waals surface area contributed by atoms with Crippen molar-refractivity contribution in [2.75, 3.05) is 0 Å². The summed E-state index contributed by atoms with van der Waals surface area (Å²) in [5.74, 6) is 2.39. The molecule has 0 N–H and O–H groups in total. The van der Waals surface area contributed by atoms with E-state index in [-0.39, 0.29) is 10.8 Å². The van der Waals surface area contributed by atoms with Crippen LogP contribution in [0.1, 0.15) is 107 Å². The lowest BCUT2D eigenvalue weighted by atomic mass is 9.85. The Morgan fingerprint density at radius 2 is 0.940 bits per heavy atom. The van der Waals surface area contributed by atoms with Crippen LogP contribution in [0.2, 0.25) is 0 Å². The van der Waals surface area contributed by atoms with Gasteiger partial charge in [0.1, 0.15) is 28.6 Å². The fraction of sp³-hybridized carbons (Fsp3) is 0.419. The van der Waals surface area contributed by atoms with Crippen LogP contribution < -0.4 is 18.3 Å². The molecule has 4 rings (SSSR count). The highest BCUT2D eigenvalue weighted by Crippen LogP contribution is 2.51. The number of hydrogen-bond acceptors (Lipinski definition) is 6. The van der Waals surface area contributed by atoms with E-state index in [4.69, 9.17) is 23.0 Å². The predicted octanol–water partition coefficient (Wildman–Crippen LogP) is 12.9. The van der Waals surface area contributed by atoms with E-state index in [0.29, 0.717) is 28.6 Å². The highest BCUT2D eigenvalue weighted by atomic mass is 31.2. The van der Waals surface area contributed by atoms with Crippen molar-refractivity contribution in [2.45, 2.75) is 120 Å². The van der Waals surface area contributed by atoms with Gasteiger partial charge in [0.15, 0.2) is 0 Å². The number of benzene rings is 4. The van der Waals surface area contributed by atoms with E-state index in [9.17, 15) is 4.79 Å². The van der Waals surface area contributed by atoms with E-state index in [2.05, 4.69) is 73.6 Å². The molecule has 0 saturated carbocycles. The summed E-state index contributed by atoms with van der Waals surface area (Å²) in [6.07, 6.45) is -0.769. The zero-order chi connectivity index (χ0) is 37.3. The smallest absolute Gasteiger partial charge is 0.428 e. The molecule has 0 aromatic heterocycles. The molecule has 50 heavy (non-hydrogen) atoms. The number of hydrogen-bond donors (Lipinski definition) is 0. The second kappa shape index (κ2) is 14.7. The van der Waals surface area contributed by atoms with Gasteiger partial charge in [0.2, 0.25) is 0 Å². The van der Waals surface area contributed by atoms with Crippen molar-refractivity contribution >= 4 is 14.8 Å². The summed E-state index contributed by atoms with van der Waals surface area (Å²) in [5, 5.41) is 0. The van der Waals surface area contributed by atoms with Crippen molar-refractivity contribution in [1.29, 1.82) is 0 Å². The second-order valence-electron chi connectivity index (χ2n) is 16.5. The number of aryl methyl sites for hydroxylation is 6. The molecule has 7 heteroatoms. The average Bonchev–Trinajstić information content (AvgIpc) is 2.95. The summed E-state index contributed by atoms with van der Waals surface area (Å²) < 4.78 is 32.1. The molecule has 0 heterocycles. The number of ether oxygens (including phenoxy) is 2. The van der Waals surface area contributed by atoms with Crippen LogP contribution in [0.15, 0.2) is 60.7 Å². The van der Waals surface area contributed by atoms with Crippen LogP contribution in [0.5, 0.6) is 23.0 Å². The van der Waals surface area contributed by atoms with E-state index in [1.807, 2.05) is 90.9 Å². The number of carbonyl (C=O) groups excluding carboxylic acids is 1. The van der Waals surface area contributed by atoms with Crippen molar-refractivity contribution in [1.82, 2.24) is 0 Å². The lowest BCUT2D eigenvalue weighted by Crippen LogP contribution is -2.26. The summed E-state index contributed by atoms with van der Waals surface area (Å²) in [5.41, 5.74) is 8.50. The minimum atomic E-state index is -2.06. The first-order chi connectivity index (χ1) is 23.0. The Morgan fingerprint density at radius 3 is 1.36 bits per heavy atom. The minimum absolute atomic E-state index is 0.194. The van der Waals surface area contributed by atoms with Gasteiger partial charge in [-0.2, -0.15) is 0 Å². The summed E-state index contributed by atoms with van der Waals surface area (Å²) in [6.45, 7) is 30.6. The summed E-state index contributed by atoms with van der Waals surface area (Å²) in [7, 11) is -2.06. The number of rotatable bonds is 8. The Kier molecular flexibility index (Phi) is 11.4. The van der Waals surface area contributed by atoms with Crippen LogP contribution in [0.3, 0.4) is 0 Å². The van der Waals surface area contributed by atoms with Crippen LogP contribution in [-0.2, 0) is 15.6 Å². The molecular formula is C43H55O6P. The highest BCUT2D eigenvalue weighted by Gasteiger charge is 2.31. The van der Waals surface area contributed by atoms with Gasteiger partial charge < -0.3 is 23.0 Å². The zero-order valence-electron chi connectivity index (χ0n) is 32.7. The zero-order valence-corrected chi connectivity index (χ0v) is 33.6. The van der Waals surface area contributed by atoms with Gasteiger partial charge in [-0.3, -0.25) is 0 Å². The Morgan fingerprint density at radius 1 is 0.520 bits per heavy atom. The topological polar surface area (TPSA) is 63.2 Å². The standard InChI is InChI=1S/C43H55O6P/c1-26-16-18-36(34(24-26)41(7,8)9)47-50(48-37-19-17-27(2)25-35(37)42(10,11)12)49-39-31(6)21-29(4)23-33(39)32-22-28(3)20-30(5)38(32)45-40(44)46-43(13,14)15/h16-25H,1-15H3. The Labute approximate surface area is 301 Å². The fourth-order valence-corrected chi connectivity index (χ4v) is 6.97. The number of carbonyl (C=O) groups is 1. The quantitative estimate of drug-likeness (QED) is 0.104. The molecule has 0 atom stereocenters. The van der Waals surface area contributed by atoms with Gasteiger partial charge in [-0.05, 0) is 120 Å². The molecule has 4 aromatic carbocycles. The lowest BCUT2D eigenvalue weighted by molar-refractivity contribution is 0.0205. The fourth-order valence-electron chi connectivity index (χ4n) is 5.83. The minimum Gasteiger partial charge on any atom is -0.428 e. The van der Waals surface area contributed by atoms with Crippen LogP contribution in [0.4, 0.5) is 4.79 Å². The van der Waals surface area contributed by atoms with Crippen LogP contribution in [-0.4, -0.2) is 11.8 Å². The monoisotopic (exact) mass is 698 g/mol. The summed E-state index contributed by atoms with van der Waals surface area (Å²) in [6, 6.07) is 20.5. The average molecular weight is 699 g/mol.